The average molecular weight is 491 g/mol. The summed E-state index contributed by atoms with van der Waals surface area (Å²) < 4.78 is 39.6. The Morgan fingerprint density at radius 2 is 1.80 bits per heavy atom. The van der Waals surface area contributed by atoms with Crippen molar-refractivity contribution in [1.29, 1.82) is 0 Å². The van der Waals surface area contributed by atoms with Crippen molar-refractivity contribution < 1.29 is 37.9 Å². The molecule has 0 saturated carbocycles. The zero-order valence-corrected chi connectivity index (χ0v) is 18.0. The molecule has 11 nitrogen and oxygen atoms in total. The summed E-state index contributed by atoms with van der Waals surface area (Å²) in [5.41, 5.74) is -0.0606. The number of rotatable bonds is 6. The summed E-state index contributed by atoms with van der Waals surface area (Å²) in [5.74, 6) is -2.83. The van der Waals surface area contributed by atoms with Crippen molar-refractivity contribution in [1.82, 2.24) is 15.2 Å². The zero-order chi connectivity index (χ0) is 26.1. The lowest BCUT2D eigenvalue weighted by atomic mass is 10.1. The number of aromatic carboxylic acids is 1. The van der Waals surface area contributed by atoms with Gasteiger partial charge >= 0.3 is 12.1 Å². The molecule has 2 aromatic carbocycles. The van der Waals surface area contributed by atoms with E-state index >= 15 is 0 Å². The minimum atomic E-state index is -4.52. The number of aryl methyl sites for hydroxylation is 1. The zero-order valence-electron chi connectivity index (χ0n) is 18.0. The fourth-order valence-corrected chi connectivity index (χ4v) is 3.15. The number of benzene rings is 2. The van der Waals surface area contributed by atoms with Gasteiger partial charge in [-0.3, -0.25) is 19.6 Å². The Bertz CT molecular complexity index is 1360. The summed E-state index contributed by atoms with van der Waals surface area (Å²) in [7, 11) is 1.45. The SMILES string of the molecule is C/C(=N/NC(=O)c1ccc(C(=O)O)c([N+](=O)[O-])c1)c1nn(C)c(-c2ccc(C(F)(F)F)cc2)c1O. The van der Waals surface area contributed by atoms with Crippen molar-refractivity contribution in [3.05, 3.63) is 75.0 Å². The van der Waals surface area contributed by atoms with Crippen molar-refractivity contribution in [3.63, 3.8) is 0 Å². The number of hydrazone groups is 1. The molecule has 0 saturated heterocycles. The summed E-state index contributed by atoms with van der Waals surface area (Å²) in [5, 5.41) is 38.6. The van der Waals surface area contributed by atoms with Gasteiger partial charge in [-0.05, 0) is 31.2 Å². The van der Waals surface area contributed by atoms with E-state index < -0.39 is 45.5 Å². The second kappa shape index (κ2) is 9.24. The molecule has 1 aromatic heterocycles. The molecule has 0 fully saturated rings. The number of hydrogen-bond acceptors (Lipinski definition) is 7. The topological polar surface area (TPSA) is 160 Å². The lowest BCUT2D eigenvalue weighted by Gasteiger charge is -2.08. The van der Waals surface area contributed by atoms with Crippen molar-refractivity contribution in [3.8, 4) is 17.0 Å². The molecule has 1 heterocycles. The van der Waals surface area contributed by atoms with E-state index in [1.165, 1.54) is 30.8 Å². The monoisotopic (exact) mass is 491 g/mol. The van der Waals surface area contributed by atoms with Crippen LogP contribution in [0.1, 0.15) is 38.9 Å². The molecular formula is C21H16F3N5O6. The third-order valence-corrected chi connectivity index (χ3v) is 4.86. The number of alkyl halides is 3. The highest BCUT2D eigenvalue weighted by atomic mass is 19.4. The first-order chi connectivity index (χ1) is 16.3. The number of aromatic nitrogens is 2. The molecule has 182 valence electrons. The van der Waals surface area contributed by atoms with E-state index in [1.807, 2.05) is 0 Å². The number of carbonyl (C=O) groups is 2. The Kier molecular flexibility index (Phi) is 6.57. The standard InChI is InChI=1S/C21H16F3N5O6/c1-10(25-26-19(31)12-5-8-14(20(32)33)15(9-12)29(34)35)16-18(30)17(28(2)27-16)11-3-6-13(7-4-11)21(22,23)24/h3-9,30H,1-2H3,(H,26,31)(H,32,33)/b25-10-. The van der Waals surface area contributed by atoms with E-state index in [0.717, 1.165) is 30.3 Å². The normalized spacial score (nSPS) is 11.9. The largest absolute Gasteiger partial charge is 0.504 e. The maximum atomic E-state index is 12.8. The Hall–Kier alpha value is -4.75. The van der Waals surface area contributed by atoms with Gasteiger partial charge in [0, 0.05) is 24.2 Å². The Labute approximate surface area is 194 Å². The second-order valence-corrected chi connectivity index (χ2v) is 7.18. The molecular weight excluding hydrogens is 475 g/mol. The van der Waals surface area contributed by atoms with E-state index in [9.17, 15) is 38.0 Å². The van der Waals surface area contributed by atoms with Crippen molar-refractivity contribution in [2.45, 2.75) is 13.1 Å². The first-order valence-corrected chi connectivity index (χ1v) is 9.61. The van der Waals surface area contributed by atoms with Gasteiger partial charge in [0.05, 0.1) is 16.2 Å². The van der Waals surface area contributed by atoms with E-state index in [2.05, 4.69) is 15.6 Å². The molecule has 0 aliphatic rings. The van der Waals surface area contributed by atoms with Crippen LogP contribution < -0.4 is 5.43 Å². The summed E-state index contributed by atoms with van der Waals surface area (Å²) in [6.07, 6.45) is -4.52. The van der Waals surface area contributed by atoms with Gasteiger partial charge in [0.25, 0.3) is 11.6 Å². The van der Waals surface area contributed by atoms with Crippen LogP contribution in [-0.4, -0.2) is 42.5 Å². The third kappa shape index (κ3) is 5.10. The number of carboxylic acids is 1. The molecule has 0 aliphatic carbocycles. The van der Waals surface area contributed by atoms with E-state index in [1.54, 1.807) is 0 Å². The van der Waals surface area contributed by atoms with E-state index in [-0.39, 0.29) is 28.2 Å². The maximum absolute atomic E-state index is 12.8. The number of amides is 1. The number of halogens is 3. The van der Waals surface area contributed by atoms with Crippen LogP contribution in [0.3, 0.4) is 0 Å². The predicted molar refractivity (Wildman–Crippen MR) is 115 cm³/mol. The molecule has 0 aliphatic heterocycles. The van der Waals surface area contributed by atoms with Gasteiger partial charge in [0.1, 0.15) is 11.3 Å². The Balaban J connectivity index is 1.86. The lowest BCUT2D eigenvalue weighted by molar-refractivity contribution is -0.385. The molecule has 1 amide bonds. The van der Waals surface area contributed by atoms with E-state index in [0.29, 0.717) is 0 Å². The van der Waals surface area contributed by atoms with Crippen LogP contribution in [0, 0.1) is 10.1 Å². The van der Waals surface area contributed by atoms with Crippen LogP contribution >= 0.6 is 0 Å². The Morgan fingerprint density at radius 3 is 2.34 bits per heavy atom. The third-order valence-electron chi connectivity index (χ3n) is 4.86. The molecule has 3 aromatic rings. The Morgan fingerprint density at radius 1 is 1.17 bits per heavy atom. The number of nitro benzene ring substituents is 1. The average Bonchev–Trinajstić information content (AvgIpc) is 3.10. The van der Waals surface area contributed by atoms with Crippen molar-refractivity contribution >= 4 is 23.3 Å². The van der Waals surface area contributed by atoms with Crippen molar-refractivity contribution in [2.24, 2.45) is 12.1 Å². The lowest BCUT2D eigenvalue weighted by Crippen LogP contribution is -2.20. The molecule has 0 radical (unpaired) electrons. The summed E-state index contributed by atoms with van der Waals surface area (Å²) >= 11 is 0. The molecule has 0 unspecified atom stereocenters. The first-order valence-electron chi connectivity index (χ1n) is 9.61. The molecule has 0 bridgehead atoms. The molecule has 14 heteroatoms. The number of nitrogens with one attached hydrogen (secondary N) is 1. The number of nitrogens with zero attached hydrogens (tertiary/aromatic N) is 4. The molecule has 35 heavy (non-hydrogen) atoms. The maximum Gasteiger partial charge on any atom is 0.416 e. The highest BCUT2D eigenvalue weighted by Gasteiger charge is 2.30. The number of nitro groups is 1. The van der Waals surface area contributed by atoms with Gasteiger partial charge in [-0.1, -0.05) is 12.1 Å². The van der Waals surface area contributed by atoms with E-state index in [4.69, 9.17) is 5.11 Å². The first kappa shape index (κ1) is 24.9. The van der Waals surface area contributed by atoms with Crippen molar-refractivity contribution in [2.75, 3.05) is 0 Å². The second-order valence-electron chi connectivity index (χ2n) is 7.18. The van der Waals surface area contributed by atoms with Crippen LogP contribution in [0.15, 0.2) is 47.6 Å². The number of carbonyl (C=O) groups excluding carboxylic acids is 1. The van der Waals surface area contributed by atoms with Crippen LogP contribution in [-0.2, 0) is 13.2 Å². The fourth-order valence-electron chi connectivity index (χ4n) is 3.15. The minimum absolute atomic E-state index is 0.0151. The predicted octanol–water partition coefficient (Wildman–Crippen LogP) is 3.57. The van der Waals surface area contributed by atoms with Gasteiger partial charge in [-0.15, -0.1) is 0 Å². The highest BCUT2D eigenvalue weighted by Crippen LogP contribution is 2.35. The van der Waals surface area contributed by atoms with Gasteiger partial charge in [-0.2, -0.15) is 23.4 Å². The van der Waals surface area contributed by atoms with Gasteiger partial charge < -0.3 is 10.2 Å². The summed E-state index contributed by atoms with van der Waals surface area (Å²) in [6, 6.07) is 6.82. The van der Waals surface area contributed by atoms with Crippen LogP contribution in [0.4, 0.5) is 18.9 Å². The minimum Gasteiger partial charge on any atom is -0.504 e. The van der Waals surface area contributed by atoms with Crippen LogP contribution in [0.5, 0.6) is 5.75 Å². The quantitative estimate of drug-likeness (QED) is 0.270. The summed E-state index contributed by atoms with van der Waals surface area (Å²) in [4.78, 5) is 33.6. The van der Waals surface area contributed by atoms with Crippen LogP contribution in [0.25, 0.3) is 11.3 Å². The highest BCUT2D eigenvalue weighted by molar-refractivity contribution is 6.03. The molecule has 3 rings (SSSR count). The summed E-state index contributed by atoms with van der Waals surface area (Å²) in [6.45, 7) is 1.38. The number of hydrogen-bond donors (Lipinski definition) is 3. The number of carboxylic acid groups (broad SMARTS) is 1. The molecule has 0 spiro atoms. The van der Waals surface area contributed by atoms with Gasteiger partial charge in [-0.25, -0.2) is 10.2 Å². The fraction of sp³-hybridized carbons (Fsp3) is 0.143. The van der Waals surface area contributed by atoms with Gasteiger partial charge in [0.2, 0.25) is 0 Å². The smallest absolute Gasteiger partial charge is 0.416 e. The molecule has 0 atom stereocenters. The van der Waals surface area contributed by atoms with Crippen LogP contribution in [0.2, 0.25) is 0 Å². The number of aromatic hydroxyl groups is 1. The molecule has 3 N–H and O–H groups in total. The van der Waals surface area contributed by atoms with Gasteiger partial charge in [0.15, 0.2) is 11.4 Å².